The van der Waals surface area contributed by atoms with Crippen LogP contribution in [0.15, 0.2) is 29.8 Å². The van der Waals surface area contributed by atoms with Crippen molar-refractivity contribution in [1.29, 1.82) is 0 Å². The monoisotopic (exact) mass is 201 g/mol. The molecule has 1 aromatic carbocycles. The molecule has 1 aliphatic carbocycles. The summed E-state index contributed by atoms with van der Waals surface area (Å²) in [6.45, 7) is 0. The van der Waals surface area contributed by atoms with E-state index in [1.165, 1.54) is 16.7 Å². The number of rotatable bonds is 2. The fourth-order valence-electron chi connectivity index (χ4n) is 1.82. The lowest BCUT2D eigenvalue weighted by atomic mass is 10.1. The molecule has 0 fully saturated rings. The number of nitrogens with zero attached hydrogens (tertiary/aromatic N) is 1. The minimum absolute atomic E-state index is 0.175. The van der Waals surface area contributed by atoms with E-state index >= 15 is 0 Å². The molecule has 0 aromatic heterocycles. The van der Waals surface area contributed by atoms with Gasteiger partial charge in [-0.15, -0.1) is 0 Å². The van der Waals surface area contributed by atoms with Crippen LogP contribution in [0.1, 0.15) is 17.5 Å². The van der Waals surface area contributed by atoms with E-state index in [-0.39, 0.29) is 5.91 Å². The van der Waals surface area contributed by atoms with Crippen molar-refractivity contribution >= 4 is 12.0 Å². The molecule has 2 heteroatoms. The van der Waals surface area contributed by atoms with Crippen molar-refractivity contribution in [2.24, 2.45) is 0 Å². The van der Waals surface area contributed by atoms with Gasteiger partial charge in [-0.3, -0.25) is 4.79 Å². The second kappa shape index (κ2) is 3.89. The summed E-state index contributed by atoms with van der Waals surface area (Å²) in [6.07, 6.45) is 3.61. The van der Waals surface area contributed by atoms with Crippen molar-refractivity contribution in [1.82, 2.24) is 4.90 Å². The van der Waals surface area contributed by atoms with Gasteiger partial charge in [-0.1, -0.05) is 35.9 Å². The second-order valence-electron chi connectivity index (χ2n) is 4.14. The van der Waals surface area contributed by atoms with Gasteiger partial charge < -0.3 is 4.90 Å². The fraction of sp³-hybridized carbons (Fsp3) is 0.308. The number of amides is 1. The highest BCUT2D eigenvalue weighted by molar-refractivity contribution is 5.81. The Labute approximate surface area is 90.2 Å². The van der Waals surface area contributed by atoms with E-state index in [0.29, 0.717) is 6.42 Å². The Morgan fingerprint density at radius 3 is 2.73 bits per heavy atom. The molecule has 1 aliphatic rings. The third-order valence-electron chi connectivity index (χ3n) is 2.71. The summed E-state index contributed by atoms with van der Waals surface area (Å²) < 4.78 is 0. The van der Waals surface area contributed by atoms with E-state index in [1.807, 2.05) is 12.1 Å². The summed E-state index contributed by atoms with van der Waals surface area (Å²) in [6, 6.07) is 8.30. The van der Waals surface area contributed by atoms with Crippen molar-refractivity contribution in [2.75, 3.05) is 14.1 Å². The smallest absolute Gasteiger partial charge is 0.226 e. The van der Waals surface area contributed by atoms with Crippen molar-refractivity contribution < 1.29 is 4.79 Å². The summed E-state index contributed by atoms with van der Waals surface area (Å²) in [5.41, 5.74) is 3.81. The maximum atomic E-state index is 11.5. The Morgan fingerprint density at radius 1 is 1.33 bits per heavy atom. The number of benzene rings is 1. The zero-order chi connectivity index (χ0) is 10.8. The van der Waals surface area contributed by atoms with E-state index in [1.54, 1.807) is 19.0 Å². The van der Waals surface area contributed by atoms with Crippen LogP contribution in [0.3, 0.4) is 0 Å². The number of carbonyl (C=O) groups is 1. The average Bonchev–Trinajstić information content (AvgIpc) is 2.59. The van der Waals surface area contributed by atoms with Crippen LogP contribution in [0.4, 0.5) is 0 Å². The summed E-state index contributed by atoms with van der Waals surface area (Å²) in [5, 5.41) is 0. The summed E-state index contributed by atoms with van der Waals surface area (Å²) in [4.78, 5) is 13.2. The van der Waals surface area contributed by atoms with Gasteiger partial charge in [-0.2, -0.15) is 0 Å². The molecule has 1 aromatic rings. The minimum Gasteiger partial charge on any atom is -0.349 e. The Hall–Kier alpha value is -1.57. The van der Waals surface area contributed by atoms with E-state index in [9.17, 15) is 4.79 Å². The first-order chi connectivity index (χ1) is 7.16. The van der Waals surface area contributed by atoms with Gasteiger partial charge in [0.15, 0.2) is 0 Å². The SMILES string of the molecule is CN(C)C(=O)CC1=Cc2ccccc2C1. The molecule has 78 valence electrons. The van der Waals surface area contributed by atoms with Gasteiger partial charge in [0.25, 0.3) is 0 Å². The second-order valence-corrected chi connectivity index (χ2v) is 4.14. The number of fused-ring (bicyclic) bond motifs is 1. The molecule has 0 bridgehead atoms. The van der Waals surface area contributed by atoms with Gasteiger partial charge in [0, 0.05) is 20.5 Å². The summed E-state index contributed by atoms with van der Waals surface area (Å²) in [5.74, 6) is 0.175. The highest BCUT2D eigenvalue weighted by Gasteiger charge is 2.15. The van der Waals surface area contributed by atoms with Crippen LogP contribution < -0.4 is 0 Å². The van der Waals surface area contributed by atoms with Crippen LogP contribution in [0.2, 0.25) is 0 Å². The molecule has 0 radical (unpaired) electrons. The Bertz CT molecular complexity index is 418. The molecule has 0 N–H and O–H groups in total. The van der Waals surface area contributed by atoms with Gasteiger partial charge in [-0.05, 0) is 17.5 Å². The standard InChI is InChI=1S/C13H15NO/c1-14(2)13(15)9-10-7-11-5-3-4-6-12(11)8-10/h3-7H,8-9H2,1-2H3. The molecule has 0 saturated heterocycles. The van der Waals surface area contributed by atoms with E-state index in [4.69, 9.17) is 0 Å². The van der Waals surface area contributed by atoms with Crippen molar-refractivity contribution in [2.45, 2.75) is 12.8 Å². The average molecular weight is 201 g/mol. The van der Waals surface area contributed by atoms with E-state index in [2.05, 4.69) is 18.2 Å². The lowest BCUT2D eigenvalue weighted by molar-refractivity contribution is -0.127. The molecule has 2 nitrogen and oxygen atoms in total. The Morgan fingerprint density at radius 2 is 2.07 bits per heavy atom. The molecular formula is C13H15NO. The Kier molecular flexibility index (Phi) is 2.58. The van der Waals surface area contributed by atoms with Crippen LogP contribution in [-0.4, -0.2) is 24.9 Å². The highest BCUT2D eigenvalue weighted by atomic mass is 16.2. The molecule has 0 heterocycles. The Balaban J connectivity index is 2.09. The number of hydrogen-bond acceptors (Lipinski definition) is 1. The quantitative estimate of drug-likeness (QED) is 0.717. The highest BCUT2D eigenvalue weighted by Crippen LogP contribution is 2.26. The maximum Gasteiger partial charge on any atom is 0.226 e. The van der Waals surface area contributed by atoms with Crippen LogP contribution >= 0.6 is 0 Å². The molecule has 0 spiro atoms. The third kappa shape index (κ3) is 2.09. The topological polar surface area (TPSA) is 20.3 Å². The van der Waals surface area contributed by atoms with E-state index < -0.39 is 0 Å². The van der Waals surface area contributed by atoms with E-state index in [0.717, 1.165) is 6.42 Å². The van der Waals surface area contributed by atoms with Gasteiger partial charge >= 0.3 is 0 Å². The first-order valence-electron chi connectivity index (χ1n) is 5.14. The van der Waals surface area contributed by atoms with Crippen LogP contribution in [0.5, 0.6) is 0 Å². The third-order valence-corrected chi connectivity index (χ3v) is 2.71. The lowest BCUT2D eigenvalue weighted by Crippen LogP contribution is -2.21. The summed E-state index contributed by atoms with van der Waals surface area (Å²) in [7, 11) is 3.59. The first kappa shape index (κ1) is 9.97. The molecule has 1 amide bonds. The number of carbonyl (C=O) groups excluding carboxylic acids is 1. The molecular weight excluding hydrogens is 186 g/mol. The van der Waals surface area contributed by atoms with Gasteiger partial charge in [0.05, 0.1) is 0 Å². The van der Waals surface area contributed by atoms with Gasteiger partial charge in [-0.25, -0.2) is 0 Å². The lowest BCUT2D eigenvalue weighted by Gasteiger charge is -2.10. The molecule has 0 aliphatic heterocycles. The van der Waals surface area contributed by atoms with Gasteiger partial charge in [0.1, 0.15) is 0 Å². The largest absolute Gasteiger partial charge is 0.349 e. The fourth-order valence-corrected chi connectivity index (χ4v) is 1.82. The zero-order valence-corrected chi connectivity index (χ0v) is 9.16. The molecule has 0 saturated carbocycles. The number of hydrogen-bond donors (Lipinski definition) is 0. The van der Waals surface area contributed by atoms with Crippen molar-refractivity contribution in [3.8, 4) is 0 Å². The van der Waals surface area contributed by atoms with Gasteiger partial charge in [0.2, 0.25) is 5.91 Å². The van der Waals surface area contributed by atoms with Crippen LogP contribution in [0, 0.1) is 0 Å². The predicted octanol–water partition coefficient (Wildman–Crippen LogP) is 2.10. The first-order valence-corrected chi connectivity index (χ1v) is 5.14. The van der Waals surface area contributed by atoms with Crippen molar-refractivity contribution in [3.05, 3.63) is 41.0 Å². The zero-order valence-electron chi connectivity index (χ0n) is 9.16. The summed E-state index contributed by atoms with van der Waals surface area (Å²) >= 11 is 0. The normalized spacial score (nSPS) is 13.3. The van der Waals surface area contributed by atoms with Crippen molar-refractivity contribution in [3.63, 3.8) is 0 Å². The predicted molar refractivity (Wildman–Crippen MR) is 61.4 cm³/mol. The molecule has 2 rings (SSSR count). The molecule has 0 unspecified atom stereocenters. The van der Waals surface area contributed by atoms with Crippen LogP contribution in [0.25, 0.3) is 6.08 Å². The van der Waals surface area contributed by atoms with Crippen LogP contribution in [-0.2, 0) is 11.2 Å². The minimum atomic E-state index is 0.175. The molecule has 0 atom stereocenters. The molecule has 15 heavy (non-hydrogen) atoms. The maximum absolute atomic E-state index is 11.5.